The second-order valence-electron chi connectivity index (χ2n) is 7.45. The Morgan fingerprint density at radius 2 is 2.10 bits per heavy atom. The molecule has 0 atom stereocenters. The van der Waals surface area contributed by atoms with E-state index in [9.17, 15) is 10.1 Å². The van der Waals surface area contributed by atoms with E-state index in [-0.39, 0.29) is 5.69 Å². The lowest BCUT2D eigenvalue weighted by atomic mass is 9.91. The number of fused-ring (bicyclic) bond motifs is 2. The molecule has 152 valence electrons. The maximum absolute atomic E-state index is 13.0. The van der Waals surface area contributed by atoms with Crippen molar-refractivity contribution in [2.75, 3.05) is 18.5 Å². The molecule has 1 fully saturated rings. The molecule has 5 rings (SSSR count). The van der Waals surface area contributed by atoms with Gasteiger partial charge in [-0.25, -0.2) is 14.8 Å². The van der Waals surface area contributed by atoms with Crippen molar-refractivity contribution in [2.45, 2.75) is 25.3 Å². The normalized spacial score (nSPS) is 16.0. The van der Waals surface area contributed by atoms with Gasteiger partial charge in [-0.15, -0.1) is 11.3 Å². The molecule has 1 aliphatic rings. The van der Waals surface area contributed by atoms with Crippen LogP contribution in [0.25, 0.3) is 21.4 Å². The van der Waals surface area contributed by atoms with Crippen molar-refractivity contribution in [1.82, 2.24) is 24.1 Å². The number of aromatic nitrogens is 5. The van der Waals surface area contributed by atoms with E-state index in [1.54, 1.807) is 24.6 Å². The molecule has 1 saturated heterocycles. The first-order valence-corrected chi connectivity index (χ1v) is 10.5. The van der Waals surface area contributed by atoms with Crippen LogP contribution in [0.4, 0.5) is 11.6 Å². The molecule has 4 heterocycles. The van der Waals surface area contributed by atoms with Crippen LogP contribution in [-0.2, 0) is 17.3 Å². The zero-order valence-electron chi connectivity index (χ0n) is 16.5. The van der Waals surface area contributed by atoms with Crippen LogP contribution in [-0.4, -0.2) is 37.3 Å². The van der Waals surface area contributed by atoms with E-state index >= 15 is 0 Å². The highest BCUT2D eigenvalue weighted by Crippen LogP contribution is 2.31. The standard InChI is InChI=1S/C20H19N7O2S/c1-12-7-14-16(30-11-23-14)8-13(12)24-18-22-9-15-17(25-18)27(19(28)26(15)2)20(10-21)3-5-29-6-4-20/h7-9,11H,3-6H2,1-2H3,(H,22,24,25). The summed E-state index contributed by atoms with van der Waals surface area (Å²) in [6.45, 7) is 2.85. The van der Waals surface area contributed by atoms with Gasteiger partial charge < -0.3 is 10.1 Å². The monoisotopic (exact) mass is 421 g/mol. The van der Waals surface area contributed by atoms with Gasteiger partial charge in [-0.1, -0.05) is 0 Å². The van der Waals surface area contributed by atoms with E-state index in [2.05, 4.69) is 26.3 Å². The second-order valence-corrected chi connectivity index (χ2v) is 8.33. The highest BCUT2D eigenvalue weighted by Gasteiger charge is 2.38. The largest absolute Gasteiger partial charge is 0.381 e. The number of benzene rings is 1. The molecule has 9 nitrogen and oxygen atoms in total. The number of ether oxygens (including phenoxy) is 1. The Bertz CT molecular complexity index is 1370. The van der Waals surface area contributed by atoms with Gasteiger partial charge in [-0.3, -0.25) is 9.13 Å². The van der Waals surface area contributed by atoms with Gasteiger partial charge in [0.05, 0.1) is 28.0 Å². The van der Waals surface area contributed by atoms with Crippen molar-refractivity contribution in [2.24, 2.45) is 7.05 Å². The maximum atomic E-state index is 13.0. The molecule has 1 aromatic carbocycles. The summed E-state index contributed by atoms with van der Waals surface area (Å²) in [7, 11) is 1.67. The Balaban J connectivity index is 1.64. The van der Waals surface area contributed by atoms with Gasteiger partial charge in [0.2, 0.25) is 5.95 Å². The van der Waals surface area contributed by atoms with Crippen LogP contribution in [0, 0.1) is 18.3 Å². The van der Waals surface area contributed by atoms with Crippen LogP contribution >= 0.6 is 11.3 Å². The number of nitriles is 1. The van der Waals surface area contributed by atoms with Gasteiger partial charge in [0, 0.05) is 38.8 Å². The first kappa shape index (κ1) is 18.7. The number of thiazole rings is 1. The molecule has 0 radical (unpaired) electrons. The summed E-state index contributed by atoms with van der Waals surface area (Å²) in [5, 5.41) is 13.2. The fourth-order valence-electron chi connectivity index (χ4n) is 3.91. The summed E-state index contributed by atoms with van der Waals surface area (Å²) in [5.74, 6) is 0.369. The quantitative estimate of drug-likeness (QED) is 0.541. The maximum Gasteiger partial charge on any atom is 0.331 e. The van der Waals surface area contributed by atoms with Crippen LogP contribution in [0.2, 0.25) is 0 Å². The minimum absolute atomic E-state index is 0.276. The second kappa shape index (κ2) is 6.90. The molecular weight excluding hydrogens is 402 g/mol. The summed E-state index contributed by atoms with van der Waals surface area (Å²) < 4.78 is 9.49. The number of nitrogens with zero attached hydrogens (tertiary/aromatic N) is 6. The fourth-order valence-corrected chi connectivity index (χ4v) is 4.61. The number of rotatable bonds is 3. The Kier molecular flexibility index (Phi) is 4.30. The molecule has 0 saturated carbocycles. The molecule has 30 heavy (non-hydrogen) atoms. The van der Waals surface area contributed by atoms with E-state index < -0.39 is 5.54 Å². The lowest BCUT2D eigenvalue weighted by molar-refractivity contribution is 0.0448. The predicted molar refractivity (Wildman–Crippen MR) is 114 cm³/mol. The van der Waals surface area contributed by atoms with Crippen LogP contribution < -0.4 is 11.0 Å². The minimum Gasteiger partial charge on any atom is -0.381 e. The molecule has 0 amide bonds. The van der Waals surface area contributed by atoms with Gasteiger partial charge in [-0.2, -0.15) is 10.2 Å². The van der Waals surface area contributed by atoms with E-state index in [0.717, 1.165) is 21.5 Å². The average molecular weight is 421 g/mol. The number of hydrogen-bond donors (Lipinski definition) is 1. The molecular formula is C20H19N7O2S. The first-order valence-electron chi connectivity index (χ1n) is 9.57. The molecule has 4 aromatic rings. The third-order valence-corrected chi connectivity index (χ3v) is 6.47. The van der Waals surface area contributed by atoms with Crippen LogP contribution in [0.1, 0.15) is 18.4 Å². The van der Waals surface area contributed by atoms with Gasteiger partial charge in [0.15, 0.2) is 5.65 Å². The summed E-state index contributed by atoms with van der Waals surface area (Å²) >= 11 is 1.56. The van der Waals surface area contributed by atoms with E-state index in [1.165, 1.54) is 9.13 Å². The van der Waals surface area contributed by atoms with Crippen LogP contribution in [0.5, 0.6) is 0 Å². The Morgan fingerprint density at radius 1 is 1.30 bits per heavy atom. The number of hydrogen-bond acceptors (Lipinski definition) is 8. The van der Waals surface area contributed by atoms with Crippen molar-refractivity contribution in [1.29, 1.82) is 5.26 Å². The van der Waals surface area contributed by atoms with Gasteiger partial charge in [-0.05, 0) is 24.6 Å². The molecule has 0 unspecified atom stereocenters. The summed E-state index contributed by atoms with van der Waals surface area (Å²) in [4.78, 5) is 26.4. The van der Waals surface area contributed by atoms with E-state index in [0.29, 0.717) is 43.2 Å². The van der Waals surface area contributed by atoms with Crippen molar-refractivity contribution in [3.63, 3.8) is 0 Å². The van der Waals surface area contributed by atoms with Crippen molar-refractivity contribution >= 4 is 44.4 Å². The highest BCUT2D eigenvalue weighted by atomic mass is 32.1. The number of nitrogens with one attached hydrogen (secondary N) is 1. The molecule has 0 aliphatic carbocycles. The Labute approximate surface area is 175 Å². The lowest BCUT2D eigenvalue weighted by Crippen LogP contribution is -2.44. The molecule has 10 heteroatoms. The first-order chi connectivity index (χ1) is 14.5. The third kappa shape index (κ3) is 2.78. The number of aryl methyl sites for hydroxylation is 2. The summed E-state index contributed by atoms with van der Waals surface area (Å²) in [6.07, 6.45) is 2.50. The number of anilines is 2. The molecule has 1 N–H and O–H groups in total. The zero-order valence-corrected chi connectivity index (χ0v) is 17.4. The van der Waals surface area contributed by atoms with E-state index in [4.69, 9.17) is 4.74 Å². The molecule has 3 aromatic heterocycles. The third-order valence-electron chi connectivity index (χ3n) is 5.68. The predicted octanol–water partition coefficient (Wildman–Crippen LogP) is 2.82. The lowest BCUT2D eigenvalue weighted by Gasteiger charge is -2.31. The zero-order chi connectivity index (χ0) is 20.9. The summed E-state index contributed by atoms with van der Waals surface area (Å²) in [5.41, 5.74) is 4.43. The summed E-state index contributed by atoms with van der Waals surface area (Å²) in [6, 6.07) is 6.39. The van der Waals surface area contributed by atoms with Gasteiger partial charge in [0.1, 0.15) is 11.1 Å². The highest BCUT2D eigenvalue weighted by molar-refractivity contribution is 7.16. The van der Waals surface area contributed by atoms with Crippen LogP contribution in [0.15, 0.2) is 28.6 Å². The topological polar surface area (TPSA) is 111 Å². The SMILES string of the molecule is Cc1cc2ncsc2cc1Nc1ncc2c(n1)n(C1(C#N)CCOCC1)c(=O)n2C. The molecule has 0 spiro atoms. The minimum atomic E-state index is -0.974. The van der Waals surface area contributed by atoms with Crippen molar-refractivity contribution < 1.29 is 4.74 Å². The fraction of sp³-hybridized carbons (Fsp3) is 0.350. The molecule has 0 bridgehead atoms. The van der Waals surface area contributed by atoms with Gasteiger partial charge in [0.25, 0.3) is 0 Å². The van der Waals surface area contributed by atoms with Crippen molar-refractivity contribution in [3.8, 4) is 6.07 Å². The van der Waals surface area contributed by atoms with Gasteiger partial charge >= 0.3 is 5.69 Å². The van der Waals surface area contributed by atoms with Crippen LogP contribution in [0.3, 0.4) is 0 Å². The van der Waals surface area contributed by atoms with E-state index in [1.807, 2.05) is 24.6 Å². The Morgan fingerprint density at radius 3 is 2.87 bits per heavy atom. The molecule has 1 aliphatic heterocycles. The smallest absolute Gasteiger partial charge is 0.331 e. The van der Waals surface area contributed by atoms with Crippen molar-refractivity contribution in [3.05, 3.63) is 39.9 Å². The average Bonchev–Trinajstić information content (AvgIpc) is 3.31. The Hall–Kier alpha value is -3.29. The number of imidazole rings is 1.